The molecule has 5 nitrogen and oxygen atoms in total. The lowest BCUT2D eigenvalue weighted by molar-refractivity contribution is -0.115. The molecule has 0 aromatic rings. The van der Waals surface area contributed by atoms with Gasteiger partial charge in [0.25, 0.3) is 0 Å². The Morgan fingerprint density at radius 3 is 2.20 bits per heavy atom. The molecular formula is C20H37NO4. The summed E-state index contributed by atoms with van der Waals surface area (Å²) >= 11 is 0. The van der Waals surface area contributed by atoms with Crippen LogP contribution in [0.15, 0.2) is 0 Å². The van der Waals surface area contributed by atoms with Crippen LogP contribution in [0.4, 0.5) is 0 Å². The number of hydrogen-bond donors (Lipinski definition) is 1. The summed E-state index contributed by atoms with van der Waals surface area (Å²) in [4.78, 5) is 2.57. The molecule has 1 heterocycles. The fourth-order valence-electron chi connectivity index (χ4n) is 5.79. The topological polar surface area (TPSA) is 51.2 Å². The average molecular weight is 356 g/mol. The van der Waals surface area contributed by atoms with E-state index >= 15 is 0 Å². The molecule has 8 unspecified atom stereocenters. The van der Waals surface area contributed by atoms with Crippen molar-refractivity contribution in [1.82, 2.24) is 4.90 Å². The van der Waals surface area contributed by atoms with Crippen LogP contribution in [0.25, 0.3) is 0 Å². The van der Waals surface area contributed by atoms with Crippen LogP contribution in [0.1, 0.15) is 44.9 Å². The first-order chi connectivity index (χ1) is 12.1. The van der Waals surface area contributed by atoms with Crippen LogP contribution < -0.4 is 0 Å². The molecule has 146 valence electrons. The minimum atomic E-state index is -0.301. The maximum absolute atomic E-state index is 10.3. The number of likely N-dealkylation sites (tertiary alicyclic amines) is 1. The van der Waals surface area contributed by atoms with E-state index in [1.54, 1.807) is 7.11 Å². The molecule has 2 saturated carbocycles. The molecule has 0 spiro atoms. The number of rotatable bonds is 5. The van der Waals surface area contributed by atoms with Crippen LogP contribution in [0.5, 0.6) is 0 Å². The Balaban J connectivity index is 1.65. The number of aliphatic hydroxyl groups excluding tert-OH is 1. The van der Waals surface area contributed by atoms with Gasteiger partial charge >= 0.3 is 0 Å². The third kappa shape index (κ3) is 4.22. The lowest BCUT2D eigenvalue weighted by atomic mass is 9.66. The molecule has 5 heteroatoms. The zero-order valence-electron chi connectivity index (χ0n) is 16.4. The van der Waals surface area contributed by atoms with Crippen LogP contribution in [-0.4, -0.2) is 75.4 Å². The Kier molecular flexibility index (Phi) is 6.77. The van der Waals surface area contributed by atoms with Crippen molar-refractivity contribution in [3.05, 3.63) is 0 Å². The highest BCUT2D eigenvalue weighted by Gasteiger charge is 2.45. The molecule has 1 aliphatic heterocycles. The maximum Gasteiger partial charge on any atom is 0.0836 e. The zero-order chi connectivity index (χ0) is 18.0. The molecule has 0 radical (unpaired) electrons. The van der Waals surface area contributed by atoms with Gasteiger partial charge in [-0.15, -0.1) is 0 Å². The fourth-order valence-corrected chi connectivity index (χ4v) is 5.79. The number of fused-ring (bicyclic) bond motifs is 1. The van der Waals surface area contributed by atoms with E-state index in [-0.39, 0.29) is 24.4 Å². The van der Waals surface area contributed by atoms with E-state index in [0.717, 1.165) is 31.6 Å². The van der Waals surface area contributed by atoms with Crippen LogP contribution in [0.3, 0.4) is 0 Å². The first-order valence-corrected chi connectivity index (χ1v) is 10.0. The summed E-state index contributed by atoms with van der Waals surface area (Å²) in [7, 11) is 7.63. The number of hydrogen-bond acceptors (Lipinski definition) is 5. The third-order valence-corrected chi connectivity index (χ3v) is 7.32. The minimum Gasteiger partial charge on any atom is -0.390 e. The quantitative estimate of drug-likeness (QED) is 0.820. The standard InChI is InChI=1S/C20H37NO4/c1-21-8-7-14-11-19(24-3)20(25-4)12-15(14)16(21)9-13-5-6-18(23-2)17(22)10-13/h13-20,22H,5-12H2,1-4H3. The molecular weight excluding hydrogens is 318 g/mol. The summed E-state index contributed by atoms with van der Waals surface area (Å²) < 4.78 is 16.9. The lowest BCUT2D eigenvalue weighted by Crippen LogP contribution is -2.54. The molecule has 3 fully saturated rings. The van der Waals surface area contributed by atoms with Gasteiger partial charge in [-0.2, -0.15) is 0 Å². The van der Waals surface area contributed by atoms with Gasteiger partial charge < -0.3 is 24.2 Å². The first-order valence-electron chi connectivity index (χ1n) is 10.0. The second-order valence-electron chi connectivity index (χ2n) is 8.54. The van der Waals surface area contributed by atoms with Gasteiger partial charge in [0.15, 0.2) is 0 Å². The maximum atomic E-state index is 10.3. The highest BCUT2D eigenvalue weighted by Crippen LogP contribution is 2.44. The number of nitrogens with zero attached hydrogens (tertiary/aromatic N) is 1. The van der Waals surface area contributed by atoms with Crippen molar-refractivity contribution in [3.8, 4) is 0 Å². The molecule has 0 aromatic heterocycles. The second kappa shape index (κ2) is 8.66. The van der Waals surface area contributed by atoms with Gasteiger partial charge in [-0.1, -0.05) is 0 Å². The summed E-state index contributed by atoms with van der Waals surface area (Å²) in [6.45, 7) is 1.18. The Morgan fingerprint density at radius 1 is 0.880 bits per heavy atom. The van der Waals surface area contributed by atoms with Gasteiger partial charge in [0.1, 0.15) is 0 Å². The Bertz CT molecular complexity index is 421. The van der Waals surface area contributed by atoms with E-state index in [2.05, 4.69) is 11.9 Å². The van der Waals surface area contributed by atoms with E-state index in [9.17, 15) is 5.11 Å². The molecule has 8 atom stereocenters. The third-order valence-electron chi connectivity index (χ3n) is 7.32. The van der Waals surface area contributed by atoms with Gasteiger partial charge in [0.05, 0.1) is 24.4 Å². The van der Waals surface area contributed by atoms with Crippen molar-refractivity contribution in [1.29, 1.82) is 0 Å². The molecule has 1 saturated heterocycles. The summed E-state index contributed by atoms with van der Waals surface area (Å²) in [5.41, 5.74) is 0. The van der Waals surface area contributed by atoms with Crippen molar-refractivity contribution < 1.29 is 19.3 Å². The summed E-state index contributed by atoms with van der Waals surface area (Å²) in [6, 6.07) is 0.602. The van der Waals surface area contributed by atoms with E-state index in [0.29, 0.717) is 17.9 Å². The summed E-state index contributed by atoms with van der Waals surface area (Å²) in [5, 5.41) is 10.3. The monoisotopic (exact) mass is 355 g/mol. The molecule has 0 bridgehead atoms. The molecule has 0 aromatic carbocycles. The summed E-state index contributed by atoms with van der Waals surface area (Å²) in [6.07, 6.45) is 7.93. The van der Waals surface area contributed by atoms with E-state index in [1.807, 2.05) is 14.2 Å². The van der Waals surface area contributed by atoms with E-state index in [4.69, 9.17) is 14.2 Å². The van der Waals surface area contributed by atoms with Crippen LogP contribution >= 0.6 is 0 Å². The highest BCUT2D eigenvalue weighted by molar-refractivity contribution is 4.97. The van der Waals surface area contributed by atoms with Gasteiger partial charge in [-0.05, 0) is 76.3 Å². The predicted molar refractivity (Wildman–Crippen MR) is 97.6 cm³/mol. The summed E-state index contributed by atoms with van der Waals surface area (Å²) in [5.74, 6) is 2.04. The van der Waals surface area contributed by atoms with Crippen molar-refractivity contribution >= 4 is 0 Å². The lowest BCUT2D eigenvalue weighted by Gasteiger charge is -2.51. The van der Waals surface area contributed by atoms with Gasteiger partial charge in [-0.3, -0.25) is 0 Å². The Morgan fingerprint density at radius 2 is 1.56 bits per heavy atom. The highest BCUT2D eigenvalue weighted by atomic mass is 16.5. The predicted octanol–water partition coefficient (Wildman–Crippen LogP) is 2.31. The average Bonchev–Trinajstić information content (AvgIpc) is 2.63. The van der Waals surface area contributed by atoms with Gasteiger partial charge in [0, 0.05) is 27.4 Å². The molecule has 2 aliphatic carbocycles. The van der Waals surface area contributed by atoms with Crippen LogP contribution in [0.2, 0.25) is 0 Å². The molecule has 25 heavy (non-hydrogen) atoms. The zero-order valence-corrected chi connectivity index (χ0v) is 16.4. The molecule has 3 aliphatic rings. The van der Waals surface area contributed by atoms with Crippen LogP contribution in [0, 0.1) is 17.8 Å². The van der Waals surface area contributed by atoms with E-state index < -0.39 is 0 Å². The molecule has 0 amide bonds. The number of piperidine rings is 1. The number of aliphatic hydroxyl groups is 1. The van der Waals surface area contributed by atoms with Crippen molar-refractivity contribution in [3.63, 3.8) is 0 Å². The molecule has 1 N–H and O–H groups in total. The van der Waals surface area contributed by atoms with Crippen LogP contribution in [-0.2, 0) is 14.2 Å². The van der Waals surface area contributed by atoms with E-state index in [1.165, 1.54) is 25.8 Å². The normalized spacial score (nSPS) is 46.0. The smallest absolute Gasteiger partial charge is 0.0836 e. The SMILES string of the molecule is COC1CCC(CC2C3CC(OC)C(OC)CC3CCN2C)CC1O. The van der Waals surface area contributed by atoms with Crippen molar-refractivity contribution in [2.45, 2.75) is 75.4 Å². The molecule has 3 rings (SSSR count). The largest absolute Gasteiger partial charge is 0.390 e. The second-order valence-corrected chi connectivity index (χ2v) is 8.54. The number of methoxy groups -OCH3 is 3. The first kappa shape index (κ1) is 19.6. The fraction of sp³-hybridized carbons (Fsp3) is 1.00. The Labute approximate surface area is 153 Å². The van der Waals surface area contributed by atoms with Gasteiger partial charge in [0.2, 0.25) is 0 Å². The number of ether oxygens (including phenoxy) is 3. The van der Waals surface area contributed by atoms with Crippen molar-refractivity contribution in [2.24, 2.45) is 17.8 Å². The Hall–Kier alpha value is -0.200. The van der Waals surface area contributed by atoms with Crippen molar-refractivity contribution in [2.75, 3.05) is 34.9 Å². The van der Waals surface area contributed by atoms with Gasteiger partial charge in [-0.25, -0.2) is 0 Å². The minimum absolute atomic E-state index is 0.0306.